The standard InChI is InChI=1S/C4H4N6O6/c5-2-3(9(13)14)6-7(1-8(11)12)4(2)10(15)16/h1,5H2. The van der Waals surface area contributed by atoms with Crippen LogP contribution in [0.1, 0.15) is 0 Å². The van der Waals surface area contributed by atoms with E-state index in [1.54, 1.807) is 0 Å². The summed E-state index contributed by atoms with van der Waals surface area (Å²) in [7, 11) is 0. The molecule has 16 heavy (non-hydrogen) atoms. The molecule has 1 heterocycles. The number of rotatable bonds is 4. The van der Waals surface area contributed by atoms with Gasteiger partial charge in [-0.05, 0) is 9.85 Å². The summed E-state index contributed by atoms with van der Waals surface area (Å²) in [6.45, 7) is -1.08. The summed E-state index contributed by atoms with van der Waals surface area (Å²) in [5, 5.41) is 34.1. The average molecular weight is 232 g/mol. The molecule has 1 rings (SSSR count). The molecule has 0 aliphatic rings. The van der Waals surface area contributed by atoms with E-state index in [2.05, 4.69) is 5.10 Å². The molecule has 86 valence electrons. The van der Waals surface area contributed by atoms with Gasteiger partial charge in [0, 0.05) is 4.68 Å². The fraction of sp³-hybridized carbons (Fsp3) is 0.250. The summed E-state index contributed by atoms with van der Waals surface area (Å²) in [5.74, 6) is -1.95. The number of nitrogens with zero attached hydrogens (tertiary/aromatic N) is 5. The smallest absolute Gasteiger partial charge is 0.385 e. The minimum Gasteiger partial charge on any atom is -0.385 e. The number of nitrogens with two attached hydrogens (primary N) is 1. The summed E-state index contributed by atoms with van der Waals surface area (Å²) in [6, 6.07) is 0. The normalized spacial score (nSPS) is 10.0. The highest BCUT2D eigenvalue weighted by Crippen LogP contribution is 2.30. The fourth-order valence-electron chi connectivity index (χ4n) is 0.990. The SMILES string of the molecule is Nc1c([N+](=O)[O-])nn(C[N+](=O)[O-])c1[N+](=O)[O-]. The highest BCUT2D eigenvalue weighted by atomic mass is 16.6. The molecule has 0 saturated heterocycles. The lowest BCUT2D eigenvalue weighted by molar-refractivity contribution is -0.520. The van der Waals surface area contributed by atoms with E-state index in [1.165, 1.54) is 0 Å². The highest BCUT2D eigenvalue weighted by molar-refractivity contribution is 5.65. The summed E-state index contributed by atoms with van der Waals surface area (Å²) >= 11 is 0. The molecule has 2 N–H and O–H groups in total. The zero-order valence-electron chi connectivity index (χ0n) is 7.47. The Morgan fingerprint density at radius 1 is 1.19 bits per heavy atom. The Morgan fingerprint density at radius 3 is 2.12 bits per heavy atom. The molecule has 0 spiro atoms. The van der Waals surface area contributed by atoms with Gasteiger partial charge in [-0.25, -0.2) is 0 Å². The largest absolute Gasteiger partial charge is 0.443 e. The van der Waals surface area contributed by atoms with Crippen molar-refractivity contribution in [1.29, 1.82) is 0 Å². The van der Waals surface area contributed by atoms with Crippen LogP contribution in [0.15, 0.2) is 0 Å². The first-order chi connectivity index (χ1) is 7.34. The zero-order valence-corrected chi connectivity index (χ0v) is 7.47. The second-order valence-corrected chi connectivity index (χ2v) is 2.55. The third-order valence-electron chi connectivity index (χ3n) is 1.54. The van der Waals surface area contributed by atoms with Crippen molar-refractivity contribution in [2.75, 3.05) is 5.73 Å². The number of anilines is 1. The van der Waals surface area contributed by atoms with Gasteiger partial charge in [-0.3, -0.25) is 10.1 Å². The van der Waals surface area contributed by atoms with Crippen molar-refractivity contribution in [1.82, 2.24) is 9.78 Å². The van der Waals surface area contributed by atoms with Crippen LogP contribution in [0, 0.1) is 30.3 Å². The van der Waals surface area contributed by atoms with Crippen molar-refractivity contribution in [3.05, 3.63) is 30.3 Å². The first-order valence-electron chi connectivity index (χ1n) is 3.61. The molecule has 0 atom stereocenters. The lowest BCUT2D eigenvalue weighted by atomic mass is 10.5. The van der Waals surface area contributed by atoms with Crippen molar-refractivity contribution >= 4 is 17.3 Å². The van der Waals surface area contributed by atoms with Crippen LogP contribution in [0.2, 0.25) is 0 Å². The van der Waals surface area contributed by atoms with E-state index in [9.17, 15) is 30.3 Å². The first kappa shape index (κ1) is 11.3. The average Bonchev–Trinajstić information content (AvgIpc) is 2.41. The van der Waals surface area contributed by atoms with Gasteiger partial charge < -0.3 is 26.0 Å². The molecule has 1 aromatic rings. The molecule has 0 aliphatic heterocycles. The Kier molecular flexibility index (Phi) is 2.65. The van der Waals surface area contributed by atoms with Gasteiger partial charge in [-0.2, -0.15) is 0 Å². The van der Waals surface area contributed by atoms with E-state index in [0.717, 1.165) is 0 Å². The number of aromatic nitrogens is 2. The molecule has 0 aliphatic carbocycles. The van der Waals surface area contributed by atoms with Gasteiger partial charge in [-0.1, -0.05) is 0 Å². The van der Waals surface area contributed by atoms with Crippen LogP contribution in [-0.4, -0.2) is 24.6 Å². The van der Waals surface area contributed by atoms with E-state index in [0.29, 0.717) is 0 Å². The lowest BCUT2D eigenvalue weighted by Gasteiger charge is -1.91. The molecule has 0 unspecified atom stereocenters. The van der Waals surface area contributed by atoms with Crippen molar-refractivity contribution in [3.8, 4) is 0 Å². The monoisotopic (exact) mass is 232 g/mol. The third-order valence-corrected chi connectivity index (χ3v) is 1.54. The molecule has 0 fully saturated rings. The molecular weight excluding hydrogens is 228 g/mol. The summed E-state index contributed by atoms with van der Waals surface area (Å²) in [4.78, 5) is 27.9. The zero-order chi connectivity index (χ0) is 12.5. The second kappa shape index (κ2) is 3.76. The topological polar surface area (TPSA) is 173 Å². The van der Waals surface area contributed by atoms with Gasteiger partial charge in [0.1, 0.15) is 0 Å². The quantitative estimate of drug-likeness (QED) is 0.534. The molecule has 12 heteroatoms. The van der Waals surface area contributed by atoms with Gasteiger partial charge >= 0.3 is 18.3 Å². The third kappa shape index (κ3) is 1.84. The van der Waals surface area contributed by atoms with Gasteiger partial charge in [-0.15, -0.1) is 0 Å². The van der Waals surface area contributed by atoms with Crippen LogP contribution in [0.3, 0.4) is 0 Å². The molecule has 0 amide bonds. The van der Waals surface area contributed by atoms with Crippen molar-refractivity contribution < 1.29 is 14.8 Å². The van der Waals surface area contributed by atoms with E-state index < -0.39 is 38.8 Å². The van der Waals surface area contributed by atoms with Crippen molar-refractivity contribution in [3.63, 3.8) is 0 Å². The number of hydrogen-bond acceptors (Lipinski definition) is 8. The Hall–Kier alpha value is -2.79. The van der Waals surface area contributed by atoms with E-state index in [-0.39, 0.29) is 4.68 Å². The van der Waals surface area contributed by atoms with Gasteiger partial charge in [0.25, 0.3) is 0 Å². The molecule has 0 aromatic carbocycles. The van der Waals surface area contributed by atoms with Crippen molar-refractivity contribution in [2.24, 2.45) is 0 Å². The molecule has 1 aromatic heterocycles. The van der Waals surface area contributed by atoms with Crippen LogP contribution >= 0.6 is 0 Å². The van der Waals surface area contributed by atoms with E-state index >= 15 is 0 Å². The van der Waals surface area contributed by atoms with E-state index in [1.807, 2.05) is 0 Å². The van der Waals surface area contributed by atoms with Gasteiger partial charge in [0.05, 0.1) is 4.92 Å². The minimum atomic E-state index is -1.08. The Labute approximate surface area is 85.7 Å². The van der Waals surface area contributed by atoms with Gasteiger partial charge in [0.15, 0.2) is 5.10 Å². The molecule has 0 bridgehead atoms. The Balaban J connectivity index is 3.36. The number of hydrogen-bond donors (Lipinski definition) is 1. The predicted octanol–water partition coefficient (Wildman–Crippen LogP) is -0.484. The molecule has 0 saturated carbocycles. The summed E-state index contributed by atoms with van der Waals surface area (Å²) in [6.07, 6.45) is 0. The summed E-state index contributed by atoms with van der Waals surface area (Å²) in [5.41, 5.74) is 4.28. The number of nitro groups is 3. The fourth-order valence-corrected chi connectivity index (χ4v) is 0.990. The van der Waals surface area contributed by atoms with Crippen LogP contribution < -0.4 is 5.73 Å². The van der Waals surface area contributed by atoms with Gasteiger partial charge in [0.2, 0.25) is 5.69 Å². The predicted molar refractivity (Wildman–Crippen MR) is 46.9 cm³/mol. The maximum atomic E-state index is 10.5. The van der Waals surface area contributed by atoms with Crippen LogP contribution in [0.5, 0.6) is 0 Å². The van der Waals surface area contributed by atoms with Crippen molar-refractivity contribution in [2.45, 2.75) is 6.67 Å². The highest BCUT2D eigenvalue weighted by Gasteiger charge is 2.37. The van der Waals surface area contributed by atoms with Crippen LogP contribution in [0.4, 0.5) is 17.3 Å². The Morgan fingerprint density at radius 2 is 1.75 bits per heavy atom. The minimum absolute atomic E-state index is 0.257. The molecule has 12 nitrogen and oxygen atoms in total. The summed E-state index contributed by atoms with van der Waals surface area (Å²) < 4.78 is 0.257. The van der Waals surface area contributed by atoms with E-state index in [4.69, 9.17) is 5.73 Å². The molecule has 0 radical (unpaired) electrons. The molecular formula is C4H4N6O6. The maximum Gasteiger partial charge on any atom is 0.443 e. The van der Waals surface area contributed by atoms with Crippen LogP contribution in [-0.2, 0) is 6.67 Å². The second-order valence-electron chi connectivity index (χ2n) is 2.55. The Bertz CT molecular complexity index is 478. The lowest BCUT2D eigenvalue weighted by Crippen LogP contribution is -2.12. The number of nitrogen functional groups attached to an aromatic ring is 1. The maximum absolute atomic E-state index is 10.5. The first-order valence-corrected chi connectivity index (χ1v) is 3.61. The van der Waals surface area contributed by atoms with Crippen LogP contribution in [0.25, 0.3) is 0 Å².